The Morgan fingerprint density at radius 1 is 0.893 bits per heavy atom. The van der Waals surface area contributed by atoms with E-state index >= 15 is 0 Å². The number of rotatable bonds is 8. The van der Waals surface area contributed by atoms with Gasteiger partial charge in [-0.25, -0.2) is 0 Å². The quantitative estimate of drug-likeness (QED) is 0.265. The third kappa shape index (κ3) is 4.91. The van der Waals surface area contributed by atoms with Gasteiger partial charge in [-0.05, 0) is 66.9 Å². The Balaban J connectivity index is 1.65. The van der Waals surface area contributed by atoms with Crippen molar-refractivity contribution in [2.45, 2.75) is 25.7 Å². The van der Waals surface area contributed by atoms with E-state index in [2.05, 4.69) is 36.7 Å². The Hall–Kier alpha value is -1.93. The SMILES string of the molecule is Cc1ccc(S(=O)(=O)OCCOC=C(c2sccc2C)c2sccc2C)cc1. The van der Waals surface area contributed by atoms with E-state index in [1.54, 1.807) is 53.2 Å². The van der Waals surface area contributed by atoms with Gasteiger partial charge in [0.2, 0.25) is 0 Å². The Labute approximate surface area is 174 Å². The van der Waals surface area contributed by atoms with Gasteiger partial charge in [-0.1, -0.05) is 17.7 Å². The van der Waals surface area contributed by atoms with Gasteiger partial charge in [-0.3, -0.25) is 4.18 Å². The van der Waals surface area contributed by atoms with Gasteiger partial charge in [0.25, 0.3) is 10.1 Å². The summed E-state index contributed by atoms with van der Waals surface area (Å²) in [6, 6.07) is 10.7. The van der Waals surface area contributed by atoms with Crippen LogP contribution in [0, 0.1) is 20.8 Å². The highest BCUT2D eigenvalue weighted by molar-refractivity contribution is 7.86. The smallest absolute Gasteiger partial charge is 0.297 e. The highest BCUT2D eigenvalue weighted by atomic mass is 32.2. The topological polar surface area (TPSA) is 52.6 Å². The third-order valence-corrected chi connectivity index (χ3v) is 7.59. The molecule has 0 aliphatic heterocycles. The molecular formula is C21H22O4S3. The predicted octanol–water partition coefficient (Wildman–Crippen LogP) is 5.55. The van der Waals surface area contributed by atoms with Crippen LogP contribution in [0.25, 0.3) is 5.57 Å². The van der Waals surface area contributed by atoms with Crippen molar-refractivity contribution in [3.63, 3.8) is 0 Å². The molecule has 0 aliphatic rings. The van der Waals surface area contributed by atoms with Crippen LogP contribution in [0.3, 0.4) is 0 Å². The summed E-state index contributed by atoms with van der Waals surface area (Å²) in [4.78, 5) is 2.45. The predicted molar refractivity (Wildman–Crippen MR) is 115 cm³/mol. The largest absolute Gasteiger partial charge is 0.498 e. The molecule has 0 amide bonds. The number of benzene rings is 1. The van der Waals surface area contributed by atoms with Crippen LogP contribution >= 0.6 is 22.7 Å². The zero-order valence-corrected chi connectivity index (χ0v) is 18.4. The summed E-state index contributed by atoms with van der Waals surface area (Å²) in [5.74, 6) is 0. The molecule has 2 heterocycles. The molecule has 0 atom stereocenters. The first-order valence-corrected chi connectivity index (χ1v) is 11.9. The van der Waals surface area contributed by atoms with E-state index in [1.165, 1.54) is 11.1 Å². The van der Waals surface area contributed by atoms with Crippen LogP contribution in [0.4, 0.5) is 0 Å². The fourth-order valence-electron chi connectivity index (χ4n) is 2.61. The maximum atomic E-state index is 12.2. The Kier molecular flexibility index (Phi) is 6.72. The maximum absolute atomic E-state index is 12.2. The Bertz CT molecular complexity index is 1020. The number of hydrogen-bond donors (Lipinski definition) is 0. The number of hydrogen-bond acceptors (Lipinski definition) is 6. The molecule has 3 aromatic rings. The molecule has 0 fully saturated rings. The summed E-state index contributed by atoms with van der Waals surface area (Å²) in [6.45, 7) is 6.13. The van der Waals surface area contributed by atoms with Crippen LogP contribution in [0.1, 0.15) is 26.4 Å². The van der Waals surface area contributed by atoms with Gasteiger partial charge in [-0.15, -0.1) is 22.7 Å². The Morgan fingerprint density at radius 2 is 1.46 bits per heavy atom. The van der Waals surface area contributed by atoms with Crippen LogP contribution in [0.15, 0.2) is 58.3 Å². The second kappa shape index (κ2) is 9.05. The molecule has 0 radical (unpaired) electrons. The average Bonchev–Trinajstić information content (AvgIpc) is 3.27. The van der Waals surface area contributed by atoms with E-state index in [0.717, 1.165) is 20.9 Å². The molecule has 28 heavy (non-hydrogen) atoms. The van der Waals surface area contributed by atoms with Crippen molar-refractivity contribution in [1.29, 1.82) is 0 Å². The fraction of sp³-hybridized carbons (Fsp3) is 0.238. The summed E-state index contributed by atoms with van der Waals surface area (Å²) in [5.41, 5.74) is 4.38. The first kappa shape index (κ1) is 20.8. The standard InChI is InChI=1S/C21H22O4S3/c1-15-4-6-18(7-5-15)28(22,23)25-11-10-24-14-19(20-16(2)8-12-26-20)21-17(3)9-13-27-21/h4-9,12-14H,10-11H2,1-3H3. The minimum absolute atomic E-state index is 0.0488. The van der Waals surface area contributed by atoms with Gasteiger partial charge in [0.15, 0.2) is 0 Å². The summed E-state index contributed by atoms with van der Waals surface area (Å²) in [5, 5.41) is 4.11. The lowest BCUT2D eigenvalue weighted by Crippen LogP contribution is -2.10. The van der Waals surface area contributed by atoms with E-state index in [9.17, 15) is 8.42 Å². The molecular weight excluding hydrogens is 412 g/mol. The highest BCUT2D eigenvalue weighted by Gasteiger charge is 2.16. The van der Waals surface area contributed by atoms with E-state index in [1.807, 2.05) is 6.92 Å². The monoisotopic (exact) mass is 434 g/mol. The van der Waals surface area contributed by atoms with Gasteiger partial charge >= 0.3 is 0 Å². The van der Waals surface area contributed by atoms with Crippen LogP contribution in [-0.4, -0.2) is 21.6 Å². The molecule has 148 valence electrons. The van der Waals surface area contributed by atoms with Crippen molar-refractivity contribution in [1.82, 2.24) is 0 Å². The second-order valence-corrected chi connectivity index (χ2v) is 9.80. The molecule has 0 bridgehead atoms. The lowest BCUT2D eigenvalue weighted by atomic mass is 10.1. The fourth-order valence-corrected chi connectivity index (χ4v) is 5.45. The molecule has 0 saturated heterocycles. The van der Waals surface area contributed by atoms with Crippen molar-refractivity contribution >= 4 is 38.4 Å². The van der Waals surface area contributed by atoms with Gasteiger partial charge < -0.3 is 4.74 Å². The summed E-state index contributed by atoms with van der Waals surface area (Å²) < 4.78 is 35.2. The molecule has 1 aromatic carbocycles. The van der Waals surface area contributed by atoms with Gasteiger partial charge in [-0.2, -0.15) is 8.42 Å². The number of thiophene rings is 2. The van der Waals surface area contributed by atoms with Crippen LogP contribution < -0.4 is 0 Å². The van der Waals surface area contributed by atoms with Gasteiger partial charge in [0.1, 0.15) is 13.2 Å². The third-order valence-electron chi connectivity index (χ3n) is 4.16. The maximum Gasteiger partial charge on any atom is 0.297 e. The van der Waals surface area contributed by atoms with Crippen molar-refractivity contribution < 1.29 is 17.3 Å². The van der Waals surface area contributed by atoms with E-state index in [0.29, 0.717) is 0 Å². The van der Waals surface area contributed by atoms with Crippen molar-refractivity contribution in [3.05, 3.63) is 79.9 Å². The normalized spacial score (nSPS) is 11.4. The van der Waals surface area contributed by atoms with Crippen LogP contribution in [-0.2, 0) is 19.0 Å². The zero-order chi connectivity index (χ0) is 20.1. The molecule has 2 aromatic heterocycles. The molecule has 0 unspecified atom stereocenters. The van der Waals surface area contributed by atoms with Crippen molar-refractivity contribution in [2.75, 3.05) is 13.2 Å². The van der Waals surface area contributed by atoms with E-state index in [4.69, 9.17) is 8.92 Å². The molecule has 0 spiro atoms. The van der Waals surface area contributed by atoms with Crippen LogP contribution in [0.5, 0.6) is 0 Å². The number of ether oxygens (including phenoxy) is 1. The minimum Gasteiger partial charge on any atom is -0.498 e. The molecule has 3 rings (SSSR count). The minimum atomic E-state index is -3.77. The van der Waals surface area contributed by atoms with Gasteiger partial charge in [0, 0.05) is 15.3 Å². The summed E-state index contributed by atoms with van der Waals surface area (Å²) in [7, 11) is -3.77. The molecule has 7 heteroatoms. The lowest BCUT2D eigenvalue weighted by molar-refractivity contribution is 0.183. The number of aryl methyl sites for hydroxylation is 3. The van der Waals surface area contributed by atoms with Crippen molar-refractivity contribution in [3.8, 4) is 0 Å². The summed E-state index contributed by atoms with van der Waals surface area (Å²) in [6.07, 6.45) is 1.71. The summed E-state index contributed by atoms with van der Waals surface area (Å²) >= 11 is 3.32. The van der Waals surface area contributed by atoms with Gasteiger partial charge in [0.05, 0.1) is 11.2 Å². The van der Waals surface area contributed by atoms with Crippen LogP contribution in [0.2, 0.25) is 0 Å². The zero-order valence-electron chi connectivity index (χ0n) is 16.0. The second-order valence-electron chi connectivity index (χ2n) is 6.36. The molecule has 4 nitrogen and oxygen atoms in total. The first-order valence-electron chi connectivity index (χ1n) is 8.75. The van der Waals surface area contributed by atoms with Crippen molar-refractivity contribution in [2.24, 2.45) is 0 Å². The lowest BCUT2D eigenvalue weighted by Gasteiger charge is -2.09. The van der Waals surface area contributed by atoms with E-state index in [-0.39, 0.29) is 18.1 Å². The first-order chi connectivity index (χ1) is 13.4. The molecule has 0 saturated carbocycles. The molecule has 0 N–H and O–H groups in total. The van der Waals surface area contributed by atoms with E-state index < -0.39 is 10.1 Å². The molecule has 0 aliphatic carbocycles. The highest BCUT2D eigenvalue weighted by Crippen LogP contribution is 2.35. The Morgan fingerprint density at radius 3 is 1.96 bits per heavy atom. The average molecular weight is 435 g/mol.